The summed E-state index contributed by atoms with van der Waals surface area (Å²) in [5.41, 5.74) is 5.20. The van der Waals surface area contributed by atoms with E-state index in [2.05, 4.69) is 35.3 Å². The standard InChI is InChI=1S/C24H29FN2O/c1-17(20-10-9-19-4-2-5-21(19)14-20)26-24(28)22-6-3-13-27(16-22)15-18-7-11-23(25)12-8-18/h7-12,14,17,22H,2-6,13,15-16H2,1H3,(H,26,28)/t17-,22+/m0/s1. The molecule has 1 aliphatic carbocycles. The number of carbonyl (C=O) groups excluding carboxylic acids is 1. The summed E-state index contributed by atoms with van der Waals surface area (Å²) in [6.45, 7) is 4.60. The fraction of sp³-hybridized carbons (Fsp3) is 0.458. The molecule has 0 bridgehead atoms. The van der Waals surface area contributed by atoms with Crippen LogP contribution >= 0.6 is 0 Å². The number of nitrogens with zero attached hydrogens (tertiary/aromatic N) is 1. The number of hydrogen-bond donors (Lipinski definition) is 1. The van der Waals surface area contributed by atoms with Crippen LogP contribution in [0.2, 0.25) is 0 Å². The van der Waals surface area contributed by atoms with E-state index >= 15 is 0 Å². The molecule has 4 rings (SSSR count). The highest BCUT2D eigenvalue weighted by molar-refractivity contribution is 5.79. The average molecular weight is 381 g/mol. The van der Waals surface area contributed by atoms with E-state index in [0.29, 0.717) is 0 Å². The number of rotatable bonds is 5. The fourth-order valence-electron chi connectivity index (χ4n) is 4.54. The molecule has 3 nitrogen and oxygen atoms in total. The Kier molecular flexibility index (Phi) is 5.77. The zero-order valence-corrected chi connectivity index (χ0v) is 16.6. The molecule has 4 heteroatoms. The number of nitrogens with one attached hydrogen (secondary N) is 1. The van der Waals surface area contributed by atoms with Crippen LogP contribution in [0.1, 0.15) is 54.5 Å². The lowest BCUT2D eigenvalue weighted by Gasteiger charge is -2.32. The Labute approximate surface area is 166 Å². The monoisotopic (exact) mass is 380 g/mol. The number of halogens is 1. The first-order chi connectivity index (χ1) is 13.6. The summed E-state index contributed by atoms with van der Waals surface area (Å²) in [5, 5.41) is 3.23. The average Bonchev–Trinajstić information content (AvgIpc) is 3.18. The highest BCUT2D eigenvalue weighted by Crippen LogP contribution is 2.26. The van der Waals surface area contributed by atoms with E-state index in [-0.39, 0.29) is 23.7 Å². The maximum Gasteiger partial charge on any atom is 0.224 e. The molecular formula is C24H29FN2O. The Morgan fingerprint density at radius 3 is 2.75 bits per heavy atom. The summed E-state index contributed by atoms with van der Waals surface area (Å²) in [4.78, 5) is 15.2. The fourth-order valence-corrected chi connectivity index (χ4v) is 4.54. The summed E-state index contributed by atoms with van der Waals surface area (Å²) in [6, 6.07) is 13.4. The van der Waals surface area contributed by atoms with Crippen LogP contribution in [-0.4, -0.2) is 23.9 Å². The van der Waals surface area contributed by atoms with Gasteiger partial charge in [-0.1, -0.05) is 30.3 Å². The number of amides is 1. The minimum absolute atomic E-state index is 0.0195. The molecule has 148 valence electrons. The molecular weight excluding hydrogens is 351 g/mol. The van der Waals surface area contributed by atoms with Crippen molar-refractivity contribution in [3.8, 4) is 0 Å². The van der Waals surface area contributed by atoms with E-state index in [9.17, 15) is 9.18 Å². The van der Waals surface area contributed by atoms with Crippen LogP contribution < -0.4 is 5.32 Å². The van der Waals surface area contributed by atoms with Crippen molar-refractivity contribution in [2.24, 2.45) is 5.92 Å². The first-order valence-electron chi connectivity index (χ1n) is 10.5. The molecule has 2 atom stereocenters. The van der Waals surface area contributed by atoms with Gasteiger partial charge in [-0.2, -0.15) is 0 Å². The van der Waals surface area contributed by atoms with Crippen molar-refractivity contribution in [3.63, 3.8) is 0 Å². The van der Waals surface area contributed by atoms with E-state index in [1.165, 1.54) is 41.7 Å². The SMILES string of the molecule is C[C@H](NC(=O)[C@@H]1CCCN(Cc2ccc(F)cc2)C1)c1ccc2c(c1)CCC2. The number of fused-ring (bicyclic) bond motifs is 1. The molecule has 2 aromatic rings. The van der Waals surface area contributed by atoms with Gasteiger partial charge in [0.05, 0.1) is 12.0 Å². The van der Waals surface area contributed by atoms with Gasteiger partial charge in [0.25, 0.3) is 0 Å². The lowest BCUT2D eigenvalue weighted by Crippen LogP contribution is -2.43. The summed E-state index contributed by atoms with van der Waals surface area (Å²) >= 11 is 0. The number of piperidine rings is 1. The number of carbonyl (C=O) groups is 1. The summed E-state index contributed by atoms with van der Waals surface area (Å²) in [7, 11) is 0. The molecule has 1 fully saturated rings. The second-order valence-electron chi connectivity index (χ2n) is 8.31. The molecule has 0 saturated carbocycles. The Morgan fingerprint density at radius 1 is 1.14 bits per heavy atom. The van der Waals surface area contributed by atoms with Crippen molar-refractivity contribution >= 4 is 5.91 Å². The molecule has 2 aliphatic rings. The minimum atomic E-state index is -0.208. The third-order valence-corrected chi connectivity index (χ3v) is 6.18. The zero-order chi connectivity index (χ0) is 19.5. The smallest absolute Gasteiger partial charge is 0.224 e. The number of likely N-dealkylation sites (tertiary alicyclic amines) is 1. The molecule has 1 heterocycles. The summed E-state index contributed by atoms with van der Waals surface area (Å²) in [5.74, 6) is -0.0388. The number of aryl methyl sites for hydroxylation is 2. The third kappa shape index (κ3) is 4.44. The van der Waals surface area contributed by atoms with Gasteiger partial charge in [-0.3, -0.25) is 9.69 Å². The van der Waals surface area contributed by atoms with Gasteiger partial charge in [0.2, 0.25) is 5.91 Å². The van der Waals surface area contributed by atoms with Crippen LogP contribution in [0.3, 0.4) is 0 Å². The largest absolute Gasteiger partial charge is 0.349 e. The Morgan fingerprint density at radius 2 is 1.93 bits per heavy atom. The quantitative estimate of drug-likeness (QED) is 0.834. The second-order valence-corrected chi connectivity index (χ2v) is 8.31. The second kappa shape index (κ2) is 8.44. The topological polar surface area (TPSA) is 32.3 Å². The van der Waals surface area contributed by atoms with Crippen molar-refractivity contribution in [2.75, 3.05) is 13.1 Å². The van der Waals surface area contributed by atoms with Crippen molar-refractivity contribution < 1.29 is 9.18 Å². The van der Waals surface area contributed by atoms with E-state index in [4.69, 9.17) is 0 Å². The molecule has 0 spiro atoms. The molecule has 0 radical (unpaired) electrons. The van der Waals surface area contributed by atoms with Gasteiger partial charge >= 0.3 is 0 Å². The van der Waals surface area contributed by atoms with Gasteiger partial charge < -0.3 is 5.32 Å². The first kappa shape index (κ1) is 19.1. The summed E-state index contributed by atoms with van der Waals surface area (Å²) < 4.78 is 13.1. The van der Waals surface area contributed by atoms with Gasteiger partial charge in [0.15, 0.2) is 0 Å². The molecule has 28 heavy (non-hydrogen) atoms. The first-order valence-corrected chi connectivity index (χ1v) is 10.5. The predicted octanol–water partition coefficient (Wildman–Crippen LogP) is 4.40. The summed E-state index contributed by atoms with van der Waals surface area (Å²) in [6.07, 6.45) is 5.54. The minimum Gasteiger partial charge on any atom is -0.349 e. The van der Waals surface area contributed by atoms with Crippen molar-refractivity contribution in [1.82, 2.24) is 10.2 Å². The van der Waals surface area contributed by atoms with Crippen LogP contribution in [0.15, 0.2) is 42.5 Å². The van der Waals surface area contributed by atoms with Crippen LogP contribution in [0, 0.1) is 11.7 Å². The zero-order valence-electron chi connectivity index (χ0n) is 16.6. The Hall–Kier alpha value is -2.20. The molecule has 1 saturated heterocycles. The van der Waals surface area contributed by atoms with E-state index in [1.54, 1.807) is 0 Å². The van der Waals surface area contributed by atoms with Crippen molar-refractivity contribution in [1.29, 1.82) is 0 Å². The van der Waals surface area contributed by atoms with Gasteiger partial charge in [-0.05, 0) is 80.0 Å². The highest BCUT2D eigenvalue weighted by Gasteiger charge is 2.27. The van der Waals surface area contributed by atoms with Gasteiger partial charge in [0, 0.05) is 13.1 Å². The van der Waals surface area contributed by atoms with E-state index in [0.717, 1.165) is 44.5 Å². The van der Waals surface area contributed by atoms with Gasteiger partial charge in [-0.15, -0.1) is 0 Å². The lowest BCUT2D eigenvalue weighted by molar-refractivity contribution is -0.127. The maximum atomic E-state index is 13.1. The molecule has 1 amide bonds. The molecule has 0 unspecified atom stereocenters. The van der Waals surface area contributed by atoms with Gasteiger partial charge in [-0.25, -0.2) is 4.39 Å². The van der Waals surface area contributed by atoms with E-state index < -0.39 is 0 Å². The van der Waals surface area contributed by atoms with Crippen molar-refractivity contribution in [2.45, 2.75) is 51.6 Å². The number of benzene rings is 2. The third-order valence-electron chi connectivity index (χ3n) is 6.18. The van der Waals surface area contributed by atoms with Crippen LogP contribution in [0.4, 0.5) is 4.39 Å². The van der Waals surface area contributed by atoms with Crippen LogP contribution in [-0.2, 0) is 24.2 Å². The molecule has 1 N–H and O–H groups in total. The van der Waals surface area contributed by atoms with Gasteiger partial charge in [0.1, 0.15) is 5.82 Å². The number of hydrogen-bond acceptors (Lipinski definition) is 2. The highest BCUT2D eigenvalue weighted by atomic mass is 19.1. The van der Waals surface area contributed by atoms with Crippen LogP contribution in [0.5, 0.6) is 0 Å². The molecule has 0 aromatic heterocycles. The predicted molar refractivity (Wildman–Crippen MR) is 109 cm³/mol. The lowest BCUT2D eigenvalue weighted by atomic mass is 9.95. The Balaban J connectivity index is 1.34. The van der Waals surface area contributed by atoms with Crippen molar-refractivity contribution in [3.05, 3.63) is 70.5 Å². The van der Waals surface area contributed by atoms with E-state index in [1.807, 2.05) is 12.1 Å². The maximum absolute atomic E-state index is 13.1. The molecule has 1 aliphatic heterocycles. The molecule has 2 aromatic carbocycles. The van der Waals surface area contributed by atoms with Crippen LogP contribution in [0.25, 0.3) is 0 Å². The Bertz CT molecular complexity index is 833. The normalized spacial score (nSPS) is 20.6.